The number of hydrogen-bond acceptors (Lipinski definition) is 3. The Labute approximate surface area is 91.7 Å². The lowest BCUT2D eigenvalue weighted by Gasteiger charge is -2.15. The normalized spacial score (nSPS) is 12.3. The van der Waals surface area contributed by atoms with Gasteiger partial charge in [-0.05, 0) is 31.9 Å². The Morgan fingerprint density at radius 3 is 2.80 bits per heavy atom. The Kier molecular flexibility index (Phi) is 5.63. The molecule has 82 valence electrons. The van der Waals surface area contributed by atoms with E-state index in [2.05, 4.69) is 28.8 Å². The van der Waals surface area contributed by atoms with Gasteiger partial charge in [0.2, 0.25) is 0 Å². The zero-order chi connectivity index (χ0) is 10.9. The SMILES string of the molecule is C=CCCCC(NCC)c1ncccn1. The molecule has 3 heteroatoms. The highest BCUT2D eigenvalue weighted by molar-refractivity contribution is 4.95. The van der Waals surface area contributed by atoms with Crippen LogP contribution in [0, 0.1) is 0 Å². The summed E-state index contributed by atoms with van der Waals surface area (Å²) in [5, 5.41) is 3.40. The van der Waals surface area contributed by atoms with Crippen molar-refractivity contribution in [2.75, 3.05) is 6.54 Å². The smallest absolute Gasteiger partial charge is 0.145 e. The molecule has 0 fully saturated rings. The Hall–Kier alpha value is -1.22. The second-order valence-corrected chi connectivity index (χ2v) is 3.44. The molecule has 1 atom stereocenters. The van der Waals surface area contributed by atoms with Gasteiger partial charge in [-0.3, -0.25) is 0 Å². The van der Waals surface area contributed by atoms with Crippen LogP contribution in [0.4, 0.5) is 0 Å². The third-order valence-corrected chi connectivity index (χ3v) is 2.25. The minimum Gasteiger partial charge on any atom is -0.308 e. The summed E-state index contributed by atoms with van der Waals surface area (Å²) in [6, 6.07) is 2.12. The molecule has 0 aromatic carbocycles. The van der Waals surface area contributed by atoms with Gasteiger partial charge in [-0.15, -0.1) is 6.58 Å². The molecule has 0 amide bonds. The summed E-state index contributed by atoms with van der Waals surface area (Å²) in [6.45, 7) is 6.77. The average Bonchev–Trinajstić information content (AvgIpc) is 2.29. The van der Waals surface area contributed by atoms with E-state index in [1.54, 1.807) is 12.4 Å². The van der Waals surface area contributed by atoms with Gasteiger partial charge in [0.05, 0.1) is 6.04 Å². The maximum Gasteiger partial charge on any atom is 0.145 e. The molecule has 1 unspecified atom stereocenters. The molecule has 0 radical (unpaired) electrons. The standard InChI is InChI=1S/C12H19N3/c1-3-5-6-8-11(13-4-2)12-14-9-7-10-15-12/h3,7,9-11,13H,1,4-6,8H2,2H3. The number of aromatic nitrogens is 2. The van der Waals surface area contributed by atoms with Crippen molar-refractivity contribution in [3.05, 3.63) is 36.9 Å². The van der Waals surface area contributed by atoms with Crippen LogP contribution in [-0.4, -0.2) is 16.5 Å². The molecule has 0 aliphatic carbocycles. The topological polar surface area (TPSA) is 37.8 Å². The highest BCUT2D eigenvalue weighted by atomic mass is 15.0. The van der Waals surface area contributed by atoms with E-state index in [-0.39, 0.29) is 6.04 Å². The Morgan fingerprint density at radius 1 is 1.47 bits per heavy atom. The van der Waals surface area contributed by atoms with Gasteiger partial charge in [0.25, 0.3) is 0 Å². The largest absolute Gasteiger partial charge is 0.308 e. The minimum atomic E-state index is 0.274. The van der Waals surface area contributed by atoms with Crippen LogP contribution in [0.2, 0.25) is 0 Å². The molecule has 3 nitrogen and oxygen atoms in total. The first-order chi connectivity index (χ1) is 7.38. The van der Waals surface area contributed by atoms with Crippen LogP contribution >= 0.6 is 0 Å². The van der Waals surface area contributed by atoms with Crippen LogP contribution in [0.1, 0.15) is 38.1 Å². The first kappa shape index (κ1) is 11.9. The maximum atomic E-state index is 4.28. The van der Waals surface area contributed by atoms with E-state index in [0.29, 0.717) is 0 Å². The number of hydrogen-bond donors (Lipinski definition) is 1. The molecular weight excluding hydrogens is 186 g/mol. The van der Waals surface area contributed by atoms with Crippen molar-refractivity contribution in [2.24, 2.45) is 0 Å². The van der Waals surface area contributed by atoms with Crippen molar-refractivity contribution in [1.29, 1.82) is 0 Å². The van der Waals surface area contributed by atoms with Gasteiger partial charge < -0.3 is 5.32 Å². The lowest BCUT2D eigenvalue weighted by atomic mass is 10.1. The van der Waals surface area contributed by atoms with Gasteiger partial charge in [-0.1, -0.05) is 13.0 Å². The fourth-order valence-corrected chi connectivity index (χ4v) is 1.53. The molecule has 0 saturated heterocycles. The van der Waals surface area contributed by atoms with Crippen molar-refractivity contribution < 1.29 is 0 Å². The van der Waals surface area contributed by atoms with E-state index in [1.165, 1.54) is 0 Å². The van der Waals surface area contributed by atoms with E-state index < -0.39 is 0 Å². The Balaban J connectivity index is 2.53. The highest BCUT2D eigenvalue weighted by Gasteiger charge is 2.11. The molecule has 1 heterocycles. The monoisotopic (exact) mass is 205 g/mol. The van der Waals surface area contributed by atoms with Crippen molar-refractivity contribution in [3.8, 4) is 0 Å². The van der Waals surface area contributed by atoms with Crippen LogP contribution in [0.25, 0.3) is 0 Å². The number of nitrogens with zero attached hydrogens (tertiary/aromatic N) is 2. The summed E-state index contributed by atoms with van der Waals surface area (Å²) < 4.78 is 0. The van der Waals surface area contributed by atoms with Crippen molar-refractivity contribution >= 4 is 0 Å². The summed E-state index contributed by atoms with van der Waals surface area (Å²) in [7, 11) is 0. The van der Waals surface area contributed by atoms with Crippen LogP contribution in [0.15, 0.2) is 31.1 Å². The first-order valence-electron chi connectivity index (χ1n) is 5.49. The Bertz CT molecular complexity index is 271. The van der Waals surface area contributed by atoms with Gasteiger partial charge in [0, 0.05) is 12.4 Å². The molecule has 1 aromatic heterocycles. The van der Waals surface area contributed by atoms with Crippen LogP contribution in [-0.2, 0) is 0 Å². The number of unbranched alkanes of at least 4 members (excludes halogenated alkanes) is 1. The molecule has 0 aliphatic rings. The maximum absolute atomic E-state index is 4.28. The Morgan fingerprint density at radius 2 is 2.20 bits per heavy atom. The molecule has 0 aliphatic heterocycles. The van der Waals surface area contributed by atoms with Crippen LogP contribution < -0.4 is 5.32 Å². The highest BCUT2D eigenvalue weighted by Crippen LogP contribution is 2.14. The summed E-state index contributed by atoms with van der Waals surface area (Å²) in [6.07, 6.45) is 8.77. The van der Waals surface area contributed by atoms with Crippen LogP contribution in [0.5, 0.6) is 0 Å². The quantitative estimate of drug-likeness (QED) is 0.549. The van der Waals surface area contributed by atoms with Gasteiger partial charge in [-0.2, -0.15) is 0 Å². The fraction of sp³-hybridized carbons (Fsp3) is 0.500. The lowest BCUT2D eigenvalue weighted by molar-refractivity contribution is 0.477. The number of allylic oxidation sites excluding steroid dienone is 1. The third-order valence-electron chi connectivity index (χ3n) is 2.25. The number of nitrogens with one attached hydrogen (secondary N) is 1. The predicted molar refractivity (Wildman–Crippen MR) is 62.5 cm³/mol. The molecular formula is C12H19N3. The van der Waals surface area contributed by atoms with Crippen molar-refractivity contribution in [2.45, 2.75) is 32.2 Å². The predicted octanol–water partition coefficient (Wildman–Crippen LogP) is 2.48. The average molecular weight is 205 g/mol. The lowest BCUT2D eigenvalue weighted by Crippen LogP contribution is -2.22. The molecule has 15 heavy (non-hydrogen) atoms. The van der Waals surface area contributed by atoms with Gasteiger partial charge in [-0.25, -0.2) is 9.97 Å². The van der Waals surface area contributed by atoms with E-state index >= 15 is 0 Å². The zero-order valence-electron chi connectivity index (χ0n) is 9.32. The summed E-state index contributed by atoms with van der Waals surface area (Å²) in [4.78, 5) is 8.55. The van der Waals surface area contributed by atoms with Crippen LogP contribution in [0.3, 0.4) is 0 Å². The molecule has 0 bridgehead atoms. The van der Waals surface area contributed by atoms with E-state index in [0.717, 1.165) is 31.6 Å². The van der Waals surface area contributed by atoms with Gasteiger partial charge >= 0.3 is 0 Å². The van der Waals surface area contributed by atoms with Crippen molar-refractivity contribution in [1.82, 2.24) is 15.3 Å². The third kappa shape index (κ3) is 4.21. The molecule has 0 saturated carbocycles. The summed E-state index contributed by atoms with van der Waals surface area (Å²) in [5.74, 6) is 0.892. The van der Waals surface area contributed by atoms with Crippen molar-refractivity contribution in [3.63, 3.8) is 0 Å². The van der Waals surface area contributed by atoms with E-state index in [1.807, 2.05) is 12.1 Å². The van der Waals surface area contributed by atoms with E-state index in [4.69, 9.17) is 0 Å². The number of rotatable bonds is 7. The molecule has 1 N–H and O–H groups in total. The minimum absolute atomic E-state index is 0.274. The van der Waals surface area contributed by atoms with E-state index in [9.17, 15) is 0 Å². The fourth-order valence-electron chi connectivity index (χ4n) is 1.53. The second-order valence-electron chi connectivity index (χ2n) is 3.44. The zero-order valence-corrected chi connectivity index (χ0v) is 9.32. The van der Waals surface area contributed by atoms with Gasteiger partial charge in [0.1, 0.15) is 5.82 Å². The molecule has 1 rings (SSSR count). The first-order valence-corrected chi connectivity index (χ1v) is 5.49. The van der Waals surface area contributed by atoms with Gasteiger partial charge in [0.15, 0.2) is 0 Å². The second kappa shape index (κ2) is 7.12. The summed E-state index contributed by atoms with van der Waals surface area (Å²) in [5.41, 5.74) is 0. The molecule has 1 aromatic rings. The summed E-state index contributed by atoms with van der Waals surface area (Å²) >= 11 is 0. The molecule has 0 spiro atoms.